The molecule has 0 atom stereocenters. The summed E-state index contributed by atoms with van der Waals surface area (Å²) >= 11 is 1.55. The van der Waals surface area contributed by atoms with Crippen LogP contribution in [0.2, 0.25) is 0 Å². The van der Waals surface area contributed by atoms with Gasteiger partial charge in [0.05, 0.1) is 5.39 Å². The highest BCUT2D eigenvalue weighted by Crippen LogP contribution is 2.30. The molecule has 6 nitrogen and oxygen atoms in total. The third-order valence-electron chi connectivity index (χ3n) is 3.06. The molecule has 0 aliphatic carbocycles. The predicted octanol–water partition coefficient (Wildman–Crippen LogP) is 3.84. The lowest BCUT2D eigenvalue weighted by Gasteiger charge is -2.06. The number of nitrogens with zero attached hydrogens (tertiary/aromatic N) is 4. The van der Waals surface area contributed by atoms with E-state index in [-0.39, 0.29) is 0 Å². The van der Waals surface area contributed by atoms with E-state index >= 15 is 0 Å². The molecule has 0 fully saturated rings. The molecule has 0 aliphatic rings. The van der Waals surface area contributed by atoms with E-state index in [0.29, 0.717) is 23.3 Å². The zero-order chi connectivity index (χ0) is 14.9. The van der Waals surface area contributed by atoms with Crippen LogP contribution in [0.1, 0.15) is 5.89 Å². The number of ether oxygens (including phenoxy) is 1. The van der Waals surface area contributed by atoms with E-state index in [1.807, 2.05) is 35.7 Å². The predicted molar refractivity (Wildman–Crippen MR) is 82.0 cm³/mol. The molecule has 0 saturated carbocycles. The van der Waals surface area contributed by atoms with Gasteiger partial charge in [0, 0.05) is 12.5 Å². The van der Waals surface area contributed by atoms with Crippen LogP contribution in [0.3, 0.4) is 0 Å². The number of fused-ring (bicyclic) bond motifs is 1. The number of hydrogen-bond donors (Lipinski definition) is 0. The van der Waals surface area contributed by atoms with Crippen LogP contribution >= 0.6 is 11.3 Å². The molecule has 0 amide bonds. The maximum absolute atomic E-state index is 5.89. The van der Waals surface area contributed by atoms with Gasteiger partial charge in [0.25, 0.3) is 0 Å². The van der Waals surface area contributed by atoms with Crippen molar-refractivity contribution in [3.63, 3.8) is 0 Å². The first-order chi connectivity index (χ1) is 10.8. The molecular weight excluding hydrogens is 300 g/mol. The molecule has 0 aliphatic heterocycles. The molecule has 0 spiro atoms. The van der Waals surface area contributed by atoms with E-state index in [9.17, 15) is 0 Å². The summed E-state index contributed by atoms with van der Waals surface area (Å²) in [6.07, 6.45) is 1.50. The highest BCUT2D eigenvalue weighted by molar-refractivity contribution is 7.16. The van der Waals surface area contributed by atoms with E-state index in [1.54, 1.807) is 18.3 Å². The molecule has 108 valence electrons. The molecular formula is C15H10N4O2S. The SMILES string of the molecule is Cc1nc(-c2cccc(Oc3ncnc4sccc34)c2)no1. The first-order valence-electron chi connectivity index (χ1n) is 6.56. The zero-order valence-electron chi connectivity index (χ0n) is 11.6. The Labute approximate surface area is 129 Å². The summed E-state index contributed by atoms with van der Waals surface area (Å²) in [5, 5.41) is 6.77. The third kappa shape index (κ3) is 2.31. The normalized spacial score (nSPS) is 11.0. The largest absolute Gasteiger partial charge is 0.438 e. The summed E-state index contributed by atoms with van der Waals surface area (Å²) in [7, 11) is 0. The van der Waals surface area contributed by atoms with Crippen molar-refractivity contribution in [1.29, 1.82) is 0 Å². The van der Waals surface area contributed by atoms with Gasteiger partial charge in [-0.1, -0.05) is 17.3 Å². The van der Waals surface area contributed by atoms with Crippen LogP contribution in [0.5, 0.6) is 11.6 Å². The van der Waals surface area contributed by atoms with E-state index in [2.05, 4.69) is 20.1 Å². The fraction of sp³-hybridized carbons (Fsp3) is 0.0667. The number of thiophene rings is 1. The van der Waals surface area contributed by atoms with Crippen LogP contribution in [-0.4, -0.2) is 20.1 Å². The molecule has 1 aromatic carbocycles. The van der Waals surface area contributed by atoms with Gasteiger partial charge in [0.1, 0.15) is 16.9 Å². The molecule has 22 heavy (non-hydrogen) atoms. The van der Waals surface area contributed by atoms with Crippen molar-refractivity contribution in [2.45, 2.75) is 6.92 Å². The lowest BCUT2D eigenvalue weighted by molar-refractivity contribution is 0.394. The van der Waals surface area contributed by atoms with Crippen LogP contribution < -0.4 is 4.74 Å². The maximum Gasteiger partial charge on any atom is 0.231 e. The molecule has 0 radical (unpaired) electrons. The van der Waals surface area contributed by atoms with Gasteiger partial charge >= 0.3 is 0 Å². The minimum Gasteiger partial charge on any atom is -0.438 e. The van der Waals surface area contributed by atoms with E-state index in [1.165, 1.54) is 6.33 Å². The Balaban J connectivity index is 1.70. The maximum atomic E-state index is 5.89. The summed E-state index contributed by atoms with van der Waals surface area (Å²) in [6, 6.07) is 9.43. The fourth-order valence-electron chi connectivity index (χ4n) is 2.08. The summed E-state index contributed by atoms with van der Waals surface area (Å²) in [5.41, 5.74) is 0.824. The van der Waals surface area contributed by atoms with Gasteiger partial charge in [0.2, 0.25) is 17.6 Å². The van der Waals surface area contributed by atoms with Crippen molar-refractivity contribution < 1.29 is 9.26 Å². The van der Waals surface area contributed by atoms with Crippen molar-refractivity contribution in [3.8, 4) is 23.0 Å². The van der Waals surface area contributed by atoms with Gasteiger partial charge in [-0.25, -0.2) is 9.97 Å². The Morgan fingerprint density at radius 3 is 3.00 bits per heavy atom. The van der Waals surface area contributed by atoms with Gasteiger partial charge in [-0.3, -0.25) is 0 Å². The molecule has 7 heteroatoms. The highest BCUT2D eigenvalue weighted by atomic mass is 32.1. The summed E-state index contributed by atoms with van der Waals surface area (Å²) in [4.78, 5) is 13.5. The number of rotatable bonds is 3. The summed E-state index contributed by atoms with van der Waals surface area (Å²) in [6.45, 7) is 1.76. The topological polar surface area (TPSA) is 73.9 Å². The highest BCUT2D eigenvalue weighted by Gasteiger charge is 2.10. The number of benzene rings is 1. The molecule has 0 unspecified atom stereocenters. The van der Waals surface area contributed by atoms with Gasteiger partial charge in [-0.15, -0.1) is 11.3 Å². The first kappa shape index (κ1) is 12.9. The quantitative estimate of drug-likeness (QED) is 0.572. The van der Waals surface area contributed by atoms with Gasteiger partial charge in [0.15, 0.2) is 0 Å². The smallest absolute Gasteiger partial charge is 0.231 e. The minimum absolute atomic E-state index is 0.525. The van der Waals surface area contributed by atoms with Crippen molar-refractivity contribution in [1.82, 2.24) is 20.1 Å². The molecule has 4 rings (SSSR count). The van der Waals surface area contributed by atoms with Crippen molar-refractivity contribution >= 4 is 21.6 Å². The summed E-state index contributed by atoms with van der Waals surface area (Å²) < 4.78 is 10.9. The van der Waals surface area contributed by atoms with Crippen molar-refractivity contribution in [3.05, 3.63) is 47.9 Å². The lowest BCUT2D eigenvalue weighted by Crippen LogP contribution is -1.90. The Morgan fingerprint density at radius 1 is 1.18 bits per heavy atom. The van der Waals surface area contributed by atoms with Crippen LogP contribution in [-0.2, 0) is 0 Å². The monoisotopic (exact) mass is 310 g/mol. The van der Waals surface area contributed by atoms with E-state index < -0.39 is 0 Å². The average molecular weight is 310 g/mol. The Kier molecular flexibility index (Phi) is 3.05. The fourth-order valence-corrected chi connectivity index (χ4v) is 2.80. The van der Waals surface area contributed by atoms with Crippen LogP contribution in [0, 0.1) is 6.92 Å². The second kappa shape index (κ2) is 5.19. The van der Waals surface area contributed by atoms with Gasteiger partial charge in [-0.2, -0.15) is 4.98 Å². The molecule has 4 aromatic rings. The number of hydrogen-bond acceptors (Lipinski definition) is 7. The minimum atomic E-state index is 0.525. The third-order valence-corrected chi connectivity index (χ3v) is 3.88. The zero-order valence-corrected chi connectivity index (χ0v) is 12.4. The van der Waals surface area contributed by atoms with Crippen LogP contribution in [0.15, 0.2) is 46.6 Å². The van der Waals surface area contributed by atoms with Gasteiger partial charge < -0.3 is 9.26 Å². The number of aromatic nitrogens is 4. The number of aryl methyl sites for hydroxylation is 1. The van der Waals surface area contributed by atoms with E-state index in [0.717, 1.165) is 15.8 Å². The summed E-state index contributed by atoms with van der Waals surface area (Å²) in [5.74, 6) is 2.25. The molecule has 0 saturated heterocycles. The van der Waals surface area contributed by atoms with Crippen molar-refractivity contribution in [2.75, 3.05) is 0 Å². The van der Waals surface area contributed by atoms with Crippen LogP contribution in [0.4, 0.5) is 0 Å². The Bertz CT molecular complexity index is 947. The molecule has 0 N–H and O–H groups in total. The lowest BCUT2D eigenvalue weighted by atomic mass is 10.2. The molecule has 3 heterocycles. The standard InChI is InChI=1S/C15H10N4O2S/c1-9-18-13(19-21-9)10-3-2-4-11(7-10)20-14-12-5-6-22-15(12)17-8-16-14/h2-8H,1H3. The molecule has 3 aromatic heterocycles. The Morgan fingerprint density at radius 2 is 2.14 bits per heavy atom. The second-order valence-corrected chi connectivity index (χ2v) is 5.48. The Hall–Kier alpha value is -2.80. The van der Waals surface area contributed by atoms with Gasteiger partial charge in [-0.05, 0) is 23.6 Å². The molecule has 0 bridgehead atoms. The first-order valence-corrected chi connectivity index (χ1v) is 7.44. The second-order valence-electron chi connectivity index (χ2n) is 4.59. The average Bonchev–Trinajstić information content (AvgIpc) is 3.17. The van der Waals surface area contributed by atoms with Crippen LogP contribution in [0.25, 0.3) is 21.6 Å². The van der Waals surface area contributed by atoms with E-state index in [4.69, 9.17) is 9.26 Å². The van der Waals surface area contributed by atoms with Crippen molar-refractivity contribution in [2.24, 2.45) is 0 Å².